The Morgan fingerprint density at radius 2 is 2.21 bits per heavy atom. The van der Waals surface area contributed by atoms with Crippen LogP contribution in [0.2, 0.25) is 0 Å². The second-order valence-electron chi connectivity index (χ2n) is 5.04. The van der Waals surface area contributed by atoms with Crippen molar-refractivity contribution >= 4 is 39.1 Å². The van der Waals surface area contributed by atoms with Crippen LogP contribution < -0.4 is 0 Å². The summed E-state index contributed by atoms with van der Waals surface area (Å²) in [5, 5.41) is 9.35. The highest BCUT2D eigenvalue weighted by molar-refractivity contribution is 9.10. The van der Waals surface area contributed by atoms with Gasteiger partial charge in [0, 0.05) is 26.7 Å². The van der Waals surface area contributed by atoms with Crippen LogP contribution in [-0.4, -0.2) is 27.9 Å². The second kappa shape index (κ2) is 5.25. The largest absolute Gasteiger partial charge is 0.481 e. The molecule has 2 atom stereocenters. The van der Waals surface area contributed by atoms with Crippen LogP contribution in [0, 0.1) is 12.8 Å². The summed E-state index contributed by atoms with van der Waals surface area (Å²) in [6, 6.07) is 1.59. The number of hydrogen-bond acceptors (Lipinski definition) is 3. The van der Waals surface area contributed by atoms with E-state index in [9.17, 15) is 14.7 Å². The first-order valence-electron chi connectivity index (χ1n) is 6.12. The Labute approximate surface area is 124 Å². The molecule has 4 nitrogen and oxygen atoms in total. The molecule has 6 heteroatoms. The van der Waals surface area contributed by atoms with Crippen molar-refractivity contribution in [3.8, 4) is 0 Å². The van der Waals surface area contributed by atoms with Gasteiger partial charge in [-0.1, -0.05) is 0 Å². The van der Waals surface area contributed by atoms with Gasteiger partial charge < -0.3 is 10.0 Å². The average Bonchev–Trinajstić information content (AvgIpc) is 2.80. The lowest BCUT2D eigenvalue weighted by atomic mass is 9.99. The number of carbonyl (C=O) groups excluding carboxylic acids is 1. The van der Waals surface area contributed by atoms with Gasteiger partial charge in [0.2, 0.25) is 5.91 Å². The molecule has 0 spiro atoms. The molecule has 1 aromatic rings. The lowest BCUT2D eigenvalue weighted by Crippen LogP contribution is -2.35. The minimum Gasteiger partial charge on any atom is -0.481 e. The lowest BCUT2D eigenvalue weighted by Gasteiger charge is -2.29. The van der Waals surface area contributed by atoms with E-state index < -0.39 is 11.9 Å². The van der Waals surface area contributed by atoms with Crippen molar-refractivity contribution < 1.29 is 14.7 Å². The molecule has 2 unspecified atom stereocenters. The molecule has 1 N–H and O–H groups in total. The van der Waals surface area contributed by atoms with Crippen LogP contribution in [0.25, 0.3) is 0 Å². The zero-order valence-electron chi connectivity index (χ0n) is 11.0. The predicted octanol–water partition coefficient (Wildman–Crippen LogP) is 3.20. The van der Waals surface area contributed by atoms with Crippen molar-refractivity contribution in [1.29, 1.82) is 0 Å². The van der Waals surface area contributed by atoms with Crippen LogP contribution >= 0.6 is 27.3 Å². The molecule has 2 rings (SSSR count). The summed E-state index contributed by atoms with van der Waals surface area (Å²) in [5.41, 5.74) is 0. The summed E-state index contributed by atoms with van der Waals surface area (Å²) in [5.74, 6) is -1.63. The number of aryl methyl sites for hydroxylation is 1. The maximum atomic E-state index is 12.1. The minimum atomic E-state index is -0.899. The summed E-state index contributed by atoms with van der Waals surface area (Å²) in [6.07, 6.45) is 0.0900. The van der Waals surface area contributed by atoms with Gasteiger partial charge in [0.1, 0.15) is 0 Å². The number of thiophene rings is 1. The van der Waals surface area contributed by atoms with E-state index in [0.29, 0.717) is 0 Å². The number of carboxylic acids is 1. The third kappa shape index (κ3) is 2.56. The van der Waals surface area contributed by atoms with Gasteiger partial charge >= 0.3 is 5.97 Å². The normalized spacial score (nSPS) is 23.4. The Morgan fingerprint density at radius 1 is 1.58 bits per heavy atom. The van der Waals surface area contributed by atoms with E-state index in [2.05, 4.69) is 15.9 Å². The quantitative estimate of drug-likeness (QED) is 0.914. The minimum absolute atomic E-state index is 0.00281. The van der Waals surface area contributed by atoms with Gasteiger partial charge in [0.15, 0.2) is 0 Å². The molecule has 0 aliphatic carbocycles. The number of rotatable bonds is 3. The van der Waals surface area contributed by atoms with E-state index in [1.54, 1.807) is 16.2 Å². The van der Waals surface area contributed by atoms with Crippen LogP contribution in [0.1, 0.15) is 36.1 Å². The molecule has 104 valence electrons. The van der Waals surface area contributed by atoms with Crippen molar-refractivity contribution in [2.24, 2.45) is 5.92 Å². The lowest BCUT2D eigenvalue weighted by molar-refractivity contribution is -0.142. The van der Waals surface area contributed by atoms with Gasteiger partial charge in [-0.05, 0) is 42.8 Å². The number of carbonyl (C=O) groups is 2. The molecular formula is C13H16BrNO3S. The maximum absolute atomic E-state index is 12.1. The van der Waals surface area contributed by atoms with E-state index in [0.717, 1.165) is 14.2 Å². The van der Waals surface area contributed by atoms with Gasteiger partial charge in [-0.3, -0.25) is 9.59 Å². The number of carboxylic acid groups (broad SMARTS) is 1. The SMILES string of the molecule is Cc1sc(C2C(C(=O)O)CC(=O)N2C(C)C)cc1Br. The number of likely N-dealkylation sites (tertiary alicyclic amines) is 1. The number of nitrogens with zero attached hydrogens (tertiary/aromatic N) is 1. The third-order valence-electron chi connectivity index (χ3n) is 3.40. The molecule has 1 aliphatic rings. The summed E-state index contributed by atoms with van der Waals surface area (Å²) < 4.78 is 0.972. The average molecular weight is 346 g/mol. The number of amides is 1. The summed E-state index contributed by atoms with van der Waals surface area (Å²) >= 11 is 5.00. The Bertz CT molecular complexity index is 506. The highest BCUT2D eigenvalue weighted by Gasteiger charge is 2.46. The molecule has 0 bridgehead atoms. The van der Waals surface area contributed by atoms with Crippen LogP contribution in [0.5, 0.6) is 0 Å². The summed E-state index contributed by atoms with van der Waals surface area (Å²) in [4.78, 5) is 27.2. The first kappa shape index (κ1) is 14.5. The molecule has 1 aromatic heterocycles. The standard InChI is InChI=1S/C13H16BrNO3S/c1-6(2)15-11(16)4-8(13(17)18)12(15)10-5-9(14)7(3)19-10/h5-6,8,12H,4H2,1-3H3,(H,17,18). The Morgan fingerprint density at radius 3 is 2.63 bits per heavy atom. The zero-order valence-corrected chi connectivity index (χ0v) is 13.4. The van der Waals surface area contributed by atoms with Crippen LogP contribution in [-0.2, 0) is 9.59 Å². The van der Waals surface area contributed by atoms with Crippen molar-refractivity contribution in [1.82, 2.24) is 4.90 Å². The summed E-state index contributed by atoms with van der Waals surface area (Å²) in [6.45, 7) is 5.82. The molecule has 1 fully saturated rings. The smallest absolute Gasteiger partial charge is 0.309 e. The van der Waals surface area contributed by atoms with Crippen molar-refractivity contribution in [2.75, 3.05) is 0 Å². The highest BCUT2D eigenvalue weighted by Crippen LogP contribution is 2.43. The molecule has 1 amide bonds. The molecule has 0 radical (unpaired) electrons. The topological polar surface area (TPSA) is 57.6 Å². The molecule has 19 heavy (non-hydrogen) atoms. The Kier molecular flexibility index (Phi) is 4.01. The van der Waals surface area contributed by atoms with Crippen molar-refractivity contribution in [3.05, 3.63) is 20.3 Å². The Hall–Kier alpha value is -0.880. The molecule has 0 aromatic carbocycles. The first-order chi connectivity index (χ1) is 8.82. The molecule has 1 saturated heterocycles. The fraction of sp³-hybridized carbons (Fsp3) is 0.538. The summed E-state index contributed by atoms with van der Waals surface area (Å²) in [7, 11) is 0. The second-order valence-corrected chi connectivity index (χ2v) is 7.18. The van der Waals surface area contributed by atoms with E-state index in [1.807, 2.05) is 26.8 Å². The number of hydrogen-bond donors (Lipinski definition) is 1. The van der Waals surface area contributed by atoms with Gasteiger partial charge in [0.05, 0.1) is 12.0 Å². The van der Waals surface area contributed by atoms with Crippen LogP contribution in [0.3, 0.4) is 0 Å². The predicted molar refractivity (Wildman–Crippen MR) is 77.2 cm³/mol. The van der Waals surface area contributed by atoms with E-state index >= 15 is 0 Å². The van der Waals surface area contributed by atoms with Crippen molar-refractivity contribution in [3.63, 3.8) is 0 Å². The monoisotopic (exact) mass is 345 g/mol. The van der Waals surface area contributed by atoms with E-state index in [-0.39, 0.29) is 24.4 Å². The van der Waals surface area contributed by atoms with Crippen LogP contribution in [0.4, 0.5) is 0 Å². The fourth-order valence-corrected chi connectivity index (χ4v) is 4.27. The van der Waals surface area contributed by atoms with E-state index in [4.69, 9.17) is 0 Å². The number of aliphatic carboxylic acids is 1. The molecular weight excluding hydrogens is 330 g/mol. The first-order valence-corrected chi connectivity index (χ1v) is 7.73. The Balaban J connectivity index is 2.46. The van der Waals surface area contributed by atoms with Gasteiger partial charge in [-0.25, -0.2) is 0 Å². The van der Waals surface area contributed by atoms with Crippen molar-refractivity contribution in [2.45, 2.75) is 39.3 Å². The van der Waals surface area contributed by atoms with E-state index in [1.165, 1.54) is 0 Å². The number of halogens is 1. The van der Waals surface area contributed by atoms with Gasteiger partial charge in [0.25, 0.3) is 0 Å². The van der Waals surface area contributed by atoms with Gasteiger partial charge in [-0.2, -0.15) is 0 Å². The zero-order chi connectivity index (χ0) is 14.3. The van der Waals surface area contributed by atoms with Gasteiger partial charge in [-0.15, -0.1) is 11.3 Å². The van der Waals surface area contributed by atoms with Crippen LogP contribution in [0.15, 0.2) is 10.5 Å². The highest BCUT2D eigenvalue weighted by atomic mass is 79.9. The molecule has 0 saturated carbocycles. The fourth-order valence-electron chi connectivity index (χ4n) is 2.55. The third-order valence-corrected chi connectivity index (χ3v) is 5.61. The molecule has 1 aliphatic heterocycles. The maximum Gasteiger partial charge on any atom is 0.309 e. The molecule has 2 heterocycles.